The van der Waals surface area contributed by atoms with Crippen molar-refractivity contribution < 1.29 is 9.90 Å². The zero-order valence-electron chi connectivity index (χ0n) is 10.1. The maximum absolute atomic E-state index is 12.1. The highest BCUT2D eigenvalue weighted by Crippen LogP contribution is 2.26. The van der Waals surface area contributed by atoms with Crippen LogP contribution in [0.2, 0.25) is 5.02 Å². The summed E-state index contributed by atoms with van der Waals surface area (Å²) in [5.74, 6) is -0.216. The topological polar surface area (TPSA) is 49.3 Å². The van der Waals surface area contributed by atoms with Gasteiger partial charge in [0.05, 0.1) is 14.3 Å². The van der Waals surface area contributed by atoms with E-state index in [-0.39, 0.29) is 11.7 Å². The Morgan fingerprint density at radius 2 is 2.05 bits per heavy atom. The highest BCUT2D eigenvalue weighted by atomic mass is 127. The van der Waals surface area contributed by atoms with Crippen LogP contribution in [-0.2, 0) is 0 Å². The van der Waals surface area contributed by atoms with Crippen molar-refractivity contribution >= 4 is 45.8 Å². The van der Waals surface area contributed by atoms with Gasteiger partial charge in [-0.05, 0) is 59.3 Å². The first kappa shape index (κ1) is 14.1. The maximum atomic E-state index is 12.1. The second kappa shape index (κ2) is 5.79. The normalized spacial score (nSPS) is 10.3. The Bertz CT molecular complexity index is 623. The van der Waals surface area contributed by atoms with Gasteiger partial charge in [0.1, 0.15) is 5.75 Å². The lowest BCUT2D eigenvalue weighted by molar-refractivity contribution is 0.102. The van der Waals surface area contributed by atoms with E-state index in [1.54, 1.807) is 18.2 Å². The zero-order valence-corrected chi connectivity index (χ0v) is 13.0. The van der Waals surface area contributed by atoms with Crippen molar-refractivity contribution in [2.24, 2.45) is 0 Å². The zero-order chi connectivity index (χ0) is 14.0. The van der Waals surface area contributed by atoms with Crippen LogP contribution in [-0.4, -0.2) is 11.0 Å². The van der Waals surface area contributed by atoms with Gasteiger partial charge in [0, 0.05) is 5.56 Å². The number of carbonyl (C=O) groups is 1. The molecule has 0 fully saturated rings. The van der Waals surface area contributed by atoms with Crippen LogP contribution in [0.3, 0.4) is 0 Å². The van der Waals surface area contributed by atoms with Gasteiger partial charge in [0.25, 0.3) is 5.91 Å². The molecular weight excluding hydrogens is 377 g/mol. The van der Waals surface area contributed by atoms with Crippen LogP contribution in [0.25, 0.3) is 0 Å². The molecule has 0 radical (unpaired) electrons. The molecule has 1 amide bonds. The molecule has 0 bridgehead atoms. The van der Waals surface area contributed by atoms with E-state index in [9.17, 15) is 9.90 Å². The second-order valence-corrected chi connectivity index (χ2v) is 5.62. The third kappa shape index (κ3) is 3.19. The quantitative estimate of drug-likeness (QED) is 0.758. The minimum Gasteiger partial charge on any atom is -0.507 e. The lowest BCUT2D eigenvalue weighted by atomic mass is 10.1. The molecule has 2 rings (SSSR count). The number of aryl methyl sites for hydroxylation is 1. The minimum atomic E-state index is -0.303. The average Bonchev–Trinajstić information content (AvgIpc) is 2.37. The van der Waals surface area contributed by atoms with Crippen LogP contribution in [0, 0.1) is 10.5 Å². The molecule has 0 aromatic heterocycles. The molecule has 0 saturated carbocycles. The van der Waals surface area contributed by atoms with Crippen molar-refractivity contribution in [3.8, 4) is 5.75 Å². The Morgan fingerprint density at radius 3 is 2.68 bits per heavy atom. The van der Waals surface area contributed by atoms with Crippen LogP contribution in [0.15, 0.2) is 36.4 Å². The first-order valence-corrected chi connectivity index (χ1v) is 6.99. The summed E-state index contributed by atoms with van der Waals surface area (Å²) in [6.07, 6.45) is 0. The summed E-state index contributed by atoms with van der Waals surface area (Å²) in [6, 6.07) is 10.2. The van der Waals surface area contributed by atoms with Gasteiger partial charge in [-0.1, -0.05) is 23.7 Å². The number of hydrogen-bond acceptors (Lipinski definition) is 2. The summed E-state index contributed by atoms with van der Waals surface area (Å²) in [7, 11) is 0. The van der Waals surface area contributed by atoms with E-state index in [1.165, 1.54) is 6.07 Å². The number of rotatable bonds is 2. The van der Waals surface area contributed by atoms with Gasteiger partial charge in [0.15, 0.2) is 0 Å². The molecule has 2 aromatic carbocycles. The SMILES string of the molecule is Cc1cccc(Cl)c1NC(=O)c1ccc(I)c(O)c1. The Balaban J connectivity index is 2.28. The summed E-state index contributed by atoms with van der Waals surface area (Å²) in [4.78, 5) is 12.1. The van der Waals surface area contributed by atoms with Crippen LogP contribution < -0.4 is 5.32 Å². The van der Waals surface area contributed by atoms with Gasteiger partial charge in [-0.15, -0.1) is 0 Å². The fraction of sp³-hybridized carbons (Fsp3) is 0.0714. The fourth-order valence-electron chi connectivity index (χ4n) is 1.63. The molecule has 0 spiro atoms. The number of anilines is 1. The maximum Gasteiger partial charge on any atom is 0.255 e. The number of carbonyl (C=O) groups excluding carboxylic acids is 1. The molecular formula is C14H11ClINO2. The summed E-state index contributed by atoms with van der Waals surface area (Å²) in [5, 5.41) is 12.9. The van der Waals surface area contributed by atoms with Gasteiger partial charge < -0.3 is 10.4 Å². The highest BCUT2D eigenvalue weighted by molar-refractivity contribution is 14.1. The number of phenols is 1. The van der Waals surface area contributed by atoms with Crippen molar-refractivity contribution in [2.45, 2.75) is 6.92 Å². The molecule has 0 saturated heterocycles. The van der Waals surface area contributed by atoms with E-state index in [0.717, 1.165) is 5.56 Å². The lowest BCUT2D eigenvalue weighted by Crippen LogP contribution is -2.13. The molecule has 3 nitrogen and oxygen atoms in total. The molecule has 0 heterocycles. The number of benzene rings is 2. The molecule has 19 heavy (non-hydrogen) atoms. The summed E-state index contributed by atoms with van der Waals surface area (Å²) >= 11 is 8.05. The van der Waals surface area contributed by atoms with Crippen molar-refractivity contribution in [3.63, 3.8) is 0 Å². The molecule has 0 unspecified atom stereocenters. The molecule has 0 aliphatic rings. The van der Waals surface area contributed by atoms with Gasteiger partial charge in [-0.2, -0.15) is 0 Å². The summed E-state index contributed by atoms with van der Waals surface area (Å²) in [6.45, 7) is 1.87. The van der Waals surface area contributed by atoms with Gasteiger partial charge in [-0.3, -0.25) is 4.79 Å². The van der Waals surface area contributed by atoms with E-state index in [2.05, 4.69) is 5.32 Å². The highest BCUT2D eigenvalue weighted by Gasteiger charge is 2.11. The molecule has 5 heteroatoms. The molecule has 0 aliphatic carbocycles. The number of para-hydroxylation sites is 1. The van der Waals surface area contributed by atoms with E-state index in [1.807, 2.05) is 41.6 Å². The summed E-state index contributed by atoms with van der Waals surface area (Å²) < 4.78 is 0.697. The van der Waals surface area contributed by atoms with Crippen LogP contribution in [0.5, 0.6) is 5.75 Å². The number of hydrogen-bond donors (Lipinski definition) is 2. The molecule has 0 aliphatic heterocycles. The monoisotopic (exact) mass is 387 g/mol. The molecule has 2 aromatic rings. The van der Waals surface area contributed by atoms with Crippen LogP contribution in [0.1, 0.15) is 15.9 Å². The smallest absolute Gasteiger partial charge is 0.255 e. The first-order chi connectivity index (χ1) is 8.99. The third-order valence-corrected chi connectivity index (χ3v) is 3.90. The number of amides is 1. The molecule has 98 valence electrons. The number of nitrogens with one attached hydrogen (secondary N) is 1. The van der Waals surface area contributed by atoms with Crippen molar-refractivity contribution in [1.82, 2.24) is 0 Å². The minimum absolute atomic E-state index is 0.0872. The van der Waals surface area contributed by atoms with E-state index >= 15 is 0 Å². The largest absolute Gasteiger partial charge is 0.507 e. The van der Waals surface area contributed by atoms with Gasteiger partial charge >= 0.3 is 0 Å². The van der Waals surface area contributed by atoms with Crippen molar-refractivity contribution in [2.75, 3.05) is 5.32 Å². The van der Waals surface area contributed by atoms with E-state index in [0.29, 0.717) is 19.8 Å². The number of aromatic hydroxyl groups is 1. The standard InChI is InChI=1S/C14H11ClINO2/c1-8-3-2-4-10(15)13(8)17-14(19)9-5-6-11(16)12(18)7-9/h2-7,18H,1H3,(H,17,19). The second-order valence-electron chi connectivity index (χ2n) is 4.05. The number of phenolic OH excluding ortho intramolecular Hbond substituents is 1. The Kier molecular flexibility index (Phi) is 4.31. The van der Waals surface area contributed by atoms with Crippen LogP contribution in [0.4, 0.5) is 5.69 Å². The van der Waals surface area contributed by atoms with Crippen molar-refractivity contribution in [1.29, 1.82) is 0 Å². The Labute approximate surface area is 129 Å². The fourth-order valence-corrected chi connectivity index (χ4v) is 2.23. The number of halogens is 2. The predicted molar refractivity (Wildman–Crippen MR) is 85.0 cm³/mol. The van der Waals surface area contributed by atoms with E-state index < -0.39 is 0 Å². The Morgan fingerprint density at radius 1 is 1.32 bits per heavy atom. The van der Waals surface area contributed by atoms with Gasteiger partial charge in [-0.25, -0.2) is 0 Å². The molecule has 0 atom stereocenters. The van der Waals surface area contributed by atoms with Crippen LogP contribution >= 0.6 is 34.2 Å². The third-order valence-electron chi connectivity index (χ3n) is 2.67. The van der Waals surface area contributed by atoms with Gasteiger partial charge in [0.2, 0.25) is 0 Å². The van der Waals surface area contributed by atoms with E-state index in [4.69, 9.17) is 11.6 Å². The molecule has 2 N–H and O–H groups in total. The predicted octanol–water partition coefficient (Wildman–Crippen LogP) is 4.21. The summed E-state index contributed by atoms with van der Waals surface area (Å²) in [5.41, 5.74) is 1.86. The Hall–Kier alpha value is -1.27. The van der Waals surface area contributed by atoms with Crippen molar-refractivity contribution in [3.05, 3.63) is 56.1 Å². The average molecular weight is 388 g/mol. The lowest BCUT2D eigenvalue weighted by Gasteiger charge is -2.10. The first-order valence-electron chi connectivity index (χ1n) is 5.54.